The SMILES string of the molecule is N#CCCNC(=O)Cn1cc([N+](=O)[O-])c(=O)[nH]c1=O. The van der Waals surface area contributed by atoms with Crippen molar-refractivity contribution in [3.05, 3.63) is 37.1 Å². The summed E-state index contributed by atoms with van der Waals surface area (Å²) < 4.78 is 0.710. The number of rotatable bonds is 5. The molecule has 0 atom stereocenters. The molecule has 0 radical (unpaired) electrons. The van der Waals surface area contributed by atoms with Gasteiger partial charge in [-0.3, -0.25) is 29.3 Å². The predicted octanol–water partition coefficient (Wildman–Crippen LogP) is -1.53. The van der Waals surface area contributed by atoms with Gasteiger partial charge in [0.05, 0.1) is 23.6 Å². The van der Waals surface area contributed by atoms with E-state index in [0.29, 0.717) is 10.8 Å². The van der Waals surface area contributed by atoms with Crippen LogP contribution in [0.2, 0.25) is 0 Å². The Hall–Kier alpha value is -2.96. The van der Waals surface area contributed by atoms with Crippen LogP contribution in [0.3, 0.4) is 0 Å². The third kappa shape index (κ3) is 3.77. The van der Waals surface area contributed by atoms with Gasteiger partial charge in [-0.25, -0.2) is 4.79 Å². The number of nitriles is 1. The fourth-order valence-electron chi connectivity index (χ4n) is 1.21. The third-order valence-corrected chi connectivity index (χ3v) is 2.06. The van der Waals surface area contributed by atoms with E-state index in [1.54, 1.807) is 4.98 Å². The summed E-state index contributed by atoms with van der Waals surface area (Å²) in [6.45, 7) is -0.378. The number of hydrogen-bond donors (Lipinski definition) is 2. The highest BCUT2D eigenvalue weighted by Gasteiger charge is 2.16. The number of aromatic amines is 1. The Morgan fingerprint density at radius 2 is 2.26 bits per heavy atom. The molecule has 0 unspecified atom stereocenters. The molecule has 10 nitrogen and oxygen atoms in total. The van der Waals surface area contributed by atoms with E-state index in [-0.39, 0.29) is 13.0 Å². The third-order valence-electron chi connectivity index (χ3n) is 2.06. The number of carbonyl (C=O) groups excluding carboxylic acids is 1. The first kappa shape index (κ1) is 14.1. The molecule has 1 heterocycles. The minimum atomic E-state index is -1.13. The summed E-state index contributed by atoms with van der Waals surface area (Å²) in [6.07, 6.45) is 0.803. The van der Waals surface area contributed by atoms with Gasteiger partial charge in [-0.15, -0.1) is 0 Å². The largest absolute Gasteiger partial charge is 0.354 e. The van der Waals surface area contributed by atoms with Crippen LogP contribution >= 0.6 is 0 Å². The van der Waals surface area contributed by atoms with Crippen LogP contribution in [0.5, 0.6) is 0 Å². The van der Waals surface area contributed by atoms with Gasteiger partial charge in [0.1, 0.15) is 6.54 Å². The molecule has 0 saturated heterocycles. The van der Waals surface area contributed by atoms with Crippen LogP contribution in [-0.4, -0.2) is 26.9 Å². The Morgan fingerprint density at radius 3 is 2.84 bits per heavy atom. The van der Waals surface area contributed by atoms with Crippen LogP contribution in [0.4, 0.5) is 5.69 Å². The van der Waals surface area contributed by atoms with Crippen LogP contribution in [0, 0.1) is 21.4 Å². The normalized spacial score (nSPS) is 9.63. The van der Waals surface area contributed by atoms with Gasteiger partial charge in [0, 0.05) is 6.54 Å². The maximum absolute atomic E-state index is 11.4. The molecule has 19 heavy (non-hydrogen) atoms. The zero-order valence-electron chi connectivity index (χ0n) is 9.58. The maximum Gasteiger partial charge on any atom is 0.350 e. The molecule has 0 aromatic carbocycles. The lowest BCUT2D eigenvalue weighted by atomic mass is 10.4. The average molecular weight is 267 g/mol. The summed E-state index contributed by atoms with van der Waals surface area (Å²) in [4.78, 5) is 45.1. The molecule has 10 heteroatoms. The molecule has 0 saturated carbocycles. The molecule has 0 aliphatic rings. The van der Waals surface area contributed by atoms with E-state index < -0.39 is 34.3 Å². The van der Waals surface area contributed by atoms with Crippen LogP contribution in [-0.2, 0) is 11.3 Å². The Labute approximate surface area is 105 Å². The zero-order valence-corrected chi connectivity index (χ0v) is 9.58. The van der Waals surface area contributed by atoms with E-state index >= 15 is 0 Å². The molecule has 1 rings (SSSR count). The summed E-state index contributed by atoms with van der Waals surface area (Å²) in [5.41, 5.74) is -2.88. The van der Waals surface area contributed by atoms with E-state index in [0.717, 1.165) is 0 Å². The van der Waals surface area contributed by atoms with E-state index in [9.17, 15) is 24.5 Å². The number of carbonyl (C=O) groups is 1. The summed E-state index contributed by atoms with van der Waals surface area (Å²) in [7, 11) is 0. The summed E-state index contributed by atoms with van der Waals surface area (Å²) in [5.74, 6) is -0.598. The summed E-state index contributed by atoms with van der Waals surface area (Å²) >= 11 is 0. The monoisotopic (exact) mass is 267 g/mol. The van der Waals surface area contributed by atoms with Gasteiger partial charge in [0.15, 0.2) is 0 Å². The Kier molecular flexibility index (Phi) is 4.53. The topological polar surface area (TPSA) is 151 Å². The number of nitrogens with zero attached hydrogens (tertiary/aromatic N) is 3. The first-order valence-electron chi connectivity index (χ1n) is 5.07. The van der Waals surface area contributed by atoms with Crippen molar-refractivity contribution in [3.63, 3.8) is 0 Å². The van der Waals surface area contributed by atoms with Gasteiger partial charge >= 0.3 is 16.9 Å². The van der Waals surface area contributed by atoms with Crippen molar-refractivity contribution in [2.75, 3.05) is 6.54 Å². The van der Waals surface area contributed by atoms with Gasteiger partial charge in [-0.2, -0.15) is 5.26 Å². The van der Waals surface area contributed by atoms with Crippen molar-refractivity contribution in [1.82, 2.24) is 14.9 Å². The van der Waals surface area contributed by atoms with Crippen LogP contribution in [0.1, 0.15) is 6.42 Å². The van der Waals surface area contributed by atoms with Crippen molar-refractivity contribution < 1.29 is 9.72 Å². The highest BCUT2D eigenvalue weighted by molar-refractivity contribution is 5.75. The lowest BCUT2D eigenvalue weighted by molar-refractivity contribution is -0.386. The first-order valence-corrected chi connectivity index (χ1v) is 5.07. The Morgan fingerprint density at radius 1 is 1.58 bits per heavy atom. The van der Waals surface area contributed by atoms with Gasteiger partial charge in [0.25, 0.3) is 0 Å². The number of aromatic nitrogens is 2. The molecule has 0 aliphatic heterocycles. The van der Waals surface area contributed by atoms with Crippen molar-refractivity contribution in [2.45, 2.75) is 13.0 Å². The number of hydrogen-bond acceptors (Lipinski definition) is 6. The van der Waals surface area contributed by atoms with E-state index in [2.05, 4.69) is 5.32 Å². The van der Waals surface area contributed by atoms with E-state index in [1.807, 2.05) is 6.07 Å². The molecule has 0 bridgehead atoms. The van der Waals surface area contributed by atoms with Crippen molar-refractivity contribution in [2.24, 2.45) is 0 Å². The second-order valence-corrected chi connectivity index (χ2v) is 3.42. The number of H-pyrrole nitrogens is 1. The fraction of sp³-hybridized carbons (Fsp3) is 0.333. The quantitative estimate of drug-likeness (QED) is 0.375. The zero-order chi connectivity index (χ0) is 14.4. The molecular weight excluding hydrogens is 258 g/mol. The number of nitro groups is 1. The molecule has 0 spiro atoms. The first-order chi connectivity index (χ1) is 8.95. The average Bonchev–Trinajstić information content (AvgIpc) is 2.32. The predicted molar refractivity (Wildman–Crippen MR) is 61.2 cm³/mol. The molecule has 0 fully saturated rings. The lowest BCUT2D eigenvalue weighted by Gasteiger charge is -2.04. The standard InChI is InChI=1S/C9H9N5O5/c10-2-1-3-11-7(15)5-13-4-6(14(18)19)8(16)12-9(13)17/h4H,1,3,5H2,(H,11,15)(H,12,16,17). The lowest BCUT2D eigenvalue weighted by Crippen LogP contribution is -2.36. The highest BCUT2D eigenvalue weighted by Crippen LogP contribution is 1.98. The summed E-state index contributed by atoms with van der Waals surface area (Å²) in [5, 5.41) is 21.1. The molecule has 1 amide bonds. The molecule has 1 aromatic rings. The van der Waals surface area contributed by atoms with Gasteiger partial charge < -0.3 is 5.32 Å². The molecular formula is C9H9N5O5. The van der Waals surface area contributed by atoms with Crippen LogP contribution in [0.15, 0.2) is 15.8 Å². The number of amides is 1. The van der Waals surface area contributed by atoms with Gasteiger partial charge in [-0.1, -0.05) is 0 Å². The molecule has 0 aliphatic carbocycles. The van der Waals surface area contributed by atoms with Crippen molar-refractivity contribution in [3.8, 4) is 6.07 Å². The molecule has 2 N–H and O–H groups in total. The Bertz CT molecular complexity index is 652. The van der Waals surface area contributed by atoms with Crippen molar-refractivity contribution in [1.29, 1.82) is 5.26 Å². The van der Waals surface area contributed by atoms with E-state index in [1.165, 1.54) is 0 Å². The summed E-state index contributed by atoms with van der Waals surface area (Å²) in [6, 6.07) is 1.81. The fourth-order valence-corrected chi connectivity index (χ4v) is 1.21. The minimum Gasteiger partial charge on any atom is -0.354 e. The second-order valence-electron chi connectivity index (χ2n) is 3.42. The maximum atomic E-state index is 11.4. The highest BCUT2D eigenvalue weighted by atomic mass is 16.6. The molecule has 100 valence electrons. The second kappa shape index (κ2) is 6.10. The number of nitrogens with one attached hydrogen (secondary N) is 2. The van der Waals surface area contributed by atoms with E-state index in [4.69, 9.17) is 5.26 Å². The van der Waals surface area contributed by atoms with Crippen molar-refractivity contribution >= 4 is 11.6 Å². The minimum absolute atomic E-state index is 0.104. The van der Waals surface area contributed by atoms with Crippen LogP contribution in [0.25, 0.3) is 0 Å². The van der Waals surface area contributed by atoms with Gasteiger partial charge in [-0.05, 0) is 0 Å². The van der Waals surface area contributed by atoms with Crippen LogP contribution < -0.4 is 16.6 Å². The molecule has 1 aromatic heterocycles. The Balaban J connectivity index is 2.90. The smallest absolute Gasteiger partial charge is 0.350 e. The van der Waals surface area contributed by atoms with Gasteiger partial charge in [0.2, 0.25) is 5.91 Å².